The molecule has 1 aliphatic rings. The van der Waals surface area contributed by atoms with Crippen LogP contribution < -0.4 is 5.32 Å². The van der Waals surface area contributed by atoms with Crippen LogP contribution in [-0.4, -0.2) is 52.2 Å². The molecule has 3 rings (SSSR count). The standard InChI is InChI=1S/C16H21N5O2S/c1-11-3-4-14(20-19-11)17-12-5-7-21(8-6-12)16(22)13-10-24-15(18-13)9-23-2/h3-4,10,12H,5-9H2,1-2H3,(H,17,20). The molecule has 1 saturated heterocycles. The van der Waals surface area contributed by atoms with Crippen molar-refractivity contribution in [2.45, 2.75) is 32.4 Å². The highest BCUT2D eigenvalue weighted by Crippen LogP contribution is 2.18. The van der Waals surface area contributed by atoms with E-state index >= 15 is 0 Å². The normalized spacial score (nSPS) is 15.5. The highest BCUT2D eigenvalue weighted by atomic mass is 32.1. The van der Waals surface area contributed by atoms with Crippen LogP contribution in [0.5, 0.6) is 0 Å². The fraction of sp³-hybridized carbons (Fsp3) is 0.500. The number of piperidine rings is 1. The van der Waals surface area contributed by atoms with Gasteiger partial charge in [0.1, 0.15) is 16.5 Å². The summed E-state index contributed by atoms with van der Waals surface area (Å²) in [5.74, 6) is 0.788. The Morgan fingerprint density at radius 1 is 1.38 bits per heavy atom. The van der Waals surface area contributed by atoms with Gasteiger partial charge in [0, 0.05) is 31.6 Å². The summed E-state index contributed by atoms with van der Waals surface area (Å²) in [7, 11) is 1.62. The van der Waals surface area contributed by atoms with Crippen molar-refractivity contribution in [2.24, 2.45) is 0 Å². The number of anilines is 1. The first-order chi connectivity index (χ1) is 11.7. The van der Waals surface area contributed by atoms with E-state index < -0.39 is 0 Å². The van der Waals surface area contributed by atoms with Gasteiger partial charge in [-0.3, -0.25) is 4.79 Å². The van der Waals surface area contributed by atoms with Crippen LogP contribution in [0, 0.1) is 6.92 Å². The number of aryl methyl sites for hydroxylation is 1. The number of methoxy groups -OCH3 is 1. The van der Waals surface area contributed by atoms with E-state index in [9.17, 15) is 4.79 Å². The lowest BCUT2D eigenvalue weighted by Gasteiger charge is -2.32. The largest absolute Gasteiger partial charge is 0.378 e. The highest BCUT2D eigenvalue weighted by Gasteiger charge is 2.25. The van der Waals surface area contributed by atoms with Gasteiger partial charge >= 0.3 is 0 Å². The molecule has 2 aromatic rings. The van der Waals surface area contributed by atoms with Gasteiger partial charge in [0.15, 0.2) is 0 Å². The second-order valence-corrected chi connectivity index (χ2v) is 6.77. The van der Waals surface area contributed by atoms with Crippen molar-refractivity contribution >= 4 is 23.1 Å². The Labute approximate surface area is 145 Å². The van der Waals surface area contributed by atoms with E-state index in [1.807, 2.05) is 29.3 Å². The second-order valence-electron chi connectivity index (χ2n) is 5.83. The number of ether oxygens (including phenoxy) is 1. The third-order valence-corrected chi connectivity index (χ3v) is 4.79. The molecule has 3 heterocycles. The van der Waals surface area contributed by atoms with Crippen molar-refractivity contribution in [1.82, 2.24) is 20.1 Å². The summed E-state index contributed by atoms with van der Waals surface area (Å²) in [5, 5.41) is 14.2. The molecule has 0 aromatic carbocycles. The Kier molecular flexibility index (Phi) is 5.37. The number of amides is 1. The monoisotopic (exact) mass is 347 g/mol. The summed E-state index contributed by atoms with van der Waals surface area (Å²) in [5.41, 5.74) is 1.42. The van der Waals surface area contributed by atoms with Crippen molar-refractivity contribution in [2.75, 3.05) is 25.5 Å². The van der Waals surface area contributed by atoms with Crippen molar-refractivity contribution in [3.05, 3.63) is 33.9 Å². The third kappa shape index (κ3) is 4.07. The van der Waals surface area contributed by atoms with Crippen LogP contribution in [0.4, 0.5) is 5.82 Å². The molecule has 0 atom stereocenters. The first kappa shape index (κ1) is 16.8. The SMILES string of the molecule is COCc1nc(C(=O)N2CCC(Nc3ccc(C)nn3)CC2)cs1. The predicted molar refractivity (Wildman–Crippen MR) is 92.1 cm³/mol. The van der Waals surface area contributed by atoms with Gasteiger partial charge in [0.05, 0.1) is 12.3 Å². The van der Waals surface area contributed by atoms with E-state index in [1.54, 1.807) is 7.11 Å². The van der Waals surface area contributed by atoms with Crippen molar-refractivity contribution < 1.29 is 9.53 Å². The minimum atomic E-state index is 0.00202. The average Bonchev–Trinajstić information content (AvgIpc) is 3.06. The van der Waals surface area contributed by atoms with Gasteiger partial charge in [0.2, 0.25) is 0 Å². The van der Waals surface area contributed by atoms with Gasteiger partial charge in [-0.05, 0) is 31.9 Å². The van der Waals surface area contributed by atoms with Gasteiger partial charge in [-0.1, -0.05) is 0 Å². The van der Waals surface area contributed by atoms with Gasteiger partial charge in [0.25, 0.3) is 5.91 Å². The smallest absolute Gasteiger partial charge is 0.273 e. The Morgan fingerprint density at radius 2 is 2.17 bits per heavy atom. The predicted octanol–water partition coefficient (Wildman–Crippen LogP) is 2.10. The lowest BCUT2D eigenvalue weighted by atomic mass is 10.0. The molecule has 1 amide bonds. The van der Waals surface area contributed by atoms with Crippen molar-refractivity contribution in [3.8, 4) is 0 Å². The number of nitrogens with one attached hydrogen (secondary N) is 1. The quantitative estimate of drug-likeness (QED) is 0.892. The van der Waals surface area contributed by atoms with Crippen LogP contribution in [0.3, 0.4) is 0 Å². The molecule has 0 spiro atoms. The Morgan fingerprint density at radius 3 is 2.83 bits per heavy atom. The molecule has 0 bridgehead atoms. The minimum absolute atomic E-state index is 0.00202. The molecule has 1 fully saturated rings. The molecule has 7 nitrogen and oxygen atoms in total. The molecular weight excluding hydrogens is 326 g/mol. The van der Waals surface area contributed by atoms with Gasteiger partial charge in [-0.15, -0.1) is 16.4 Å². The van der Waals surface area contributed by atoms with Crippen LogP contribution in [0.2, 0.25) is 0 Å². The molecule has 8 heteroatoms. The van der Waals surface area contributed by atoms with Gasteiger partial charge in [-0.2, -0.15) is 5.10 Å². The van der Waals surface area contributed by atoms with Crippen molar-refractivity contribution in [1.29, 1.82) is 0 Å². The van der Waals surface area contributed by atoms with Crippen LogP contribution >= 0.6 is 11.3 Å². The maximum absolute atomic E-state index is 12.5. The lowest BCUT2D eigenvalue weighted by Crippen LogP contribution is -2.42. The fourth-order valence-corrected chi connectivity index (χ4v) is 3.41. The average molecular weight is 347 g/mol. The van der Waals surface area contributed by atoms with E-state index in [0.717, 1.165) is 29.4 Å². The van der Waals surface area contributed by atoms with E-state index in [4.69, 9.17) is 4.74 Å². The molecule has 2 aromatic heterocycles. The number of hydrogen-bond acceptors (Lipinski definition) is 7. The number of aromatic nitrogens is 3. The number of nitrogens with zero attached hydrogens (tertiary/aromatic N) is 4. The molecular formula is C16H21N5O2S. The summed E-state index contributed by atoms with van der Waals surface area (Å²) >= 11 is 1.46. The fourth-order valence-electron chi connectivity index (χ4n) is 2.67. The van der Waals surface area contributed by atoms with Crippen LogP contribution in [0.1, 0.15) is 34.0 Å². The van der Waals surface area contributed by atoms with E-state index in [-0.39, 0.29) is 5.91 Å². The Hall–Kier alpha value is -2.06. The van der Waals surface area contributed by atoms with E-state index in [2.05, 4.69) is 20.5 Å². The molecule has 128 valence electrons. The third-order valence-electron chi connectivity index (χ3n) is 3.97. The maximum Gasteiger partial charge on any atom is 0.273 e. The molecule has 0 saturated carbocycles. The van der Waals surface area contributed by atoms with E-state index in [1.165, 1.54) is 11.3 Å². The number of thiazole rings is 1. The molecule has 0 aliphatic carbocycles. The molecule has 0 unspecified atom stereocenters. The Bertz CT molecular complexity index is 680. The zero-order valence-corrected chi connectivity index (χ0v) is 14.7. The minimum Gasteiger partial charge on any atom is -0.378 e. The van der Waals surface area contributed by atoms with Crippen LogP contribution in [0.25, 0.3) is 0 Å². The van der Waals surface area contributed by atoms with Gasteiger partial charge in [-0.25, -0.2) is 4.98 Å². The summed E-state index contributed by atoms with van der Waals surface area (Å²) in [6.07, 6.45) is 1.77. The molecule has 24 heavy (non-hydrogen) atoms. The van der Waals surface area contributed by atoms with E-state index in [0.29, 0.717) is 31.4 Å². The molecule has 0 radical (unpaired) electrons. The first-order valence-corrected chi connectivity index (χ1v) is 8.83. The topological polar surface area (TPSA) is 80.2 Å². The van der Waals surface area contributed by atoms with Crippen LogP contribution in [0.15, 0.2) is 17.5 Å². The second kappa shape index (κ2) is 7.67. The summed E-state index contributed by atoms with van der Waals surface area (Å²) in [6, 6.07) is 4.19. The van der Waals surface area contributed by atoms with Gasteiger partial charge < -0.3 is 15.0 Å². The summed E-state index contributed by atoms with van der Waals surface area (Å²) in [4.78, 5) is 18.7. The zero-order chi connectivity index (χ0) is 16.9. The maximum atomic E-state index is 12.5. The highest BCUT2D eigenvalue weighted by molar-refractivity contribution is 7.09. The Balaban J connectivity index is 1.52. The lowest BCUT2D eigenvalue weighted by molar-refractivity contribution is 0.0712. The zero-order valence-electron chi connectivity index (χ0n) is 13.9. The number of likely N-dealkylation sites (tertiary alicyclic amines) is 1. The number of rotatable bonds is 5. The summed E-state index contributed by atoms with van der Waals surface area (Å²) < 4.78 is 5.05. The molecule has 1 N–H and O–H groups in total. The first-order valence-electron chi connectivity index (χ1n) is 7.95. The number of carbonyl (C=O) groups excluding carboxylic acids is 1. The number of carbonyl (C=O) groups is 1. The molecule has 1 aliphatic heterocycles. The van der Waals surface area contributed by atoms with Crippen molar-refractivity contribution in [3.63, 3.8) is 0 Å². The van der Waals surface area contributed by atoms with Crippen LogP contribution in [-0.2, 0) is 11.3 Å². The summed E-state index contributed by atoms with van der Waals surface area (Å²) in [6.45, 7) is 3.79. The number of hydrogen-bond donors (Lipinski definition) is 1.